The third-order valence-electron chi connectivity index (χ3n) is 2.46. The van der Waals surface area contributed by atoms with Crippen molar-refractivity contribution >= 4 is 17.3 Å². The smallest absolute Gasteiger partial charge is 0.355 e. The van der Waals surface area contributed by atoms with Crippen LogP contribution in [-0.4, -0.2) is 16.1 Å². The minimum Gasteiger partial charge on any atom is -0.476 e. The largest absolute Gasteiger partial charge is 0.476 e. The first-order chi connectivity index (χ1) is 8.20. The maximum atomic E-state index is 11.0. The molecule has 0 saturated heterocycles. The van der Waals surface area contributed by atoms with Gasteiger partial charge in [0.05, 0.1) is 5.01 Å². The van der Waals surface area contributed by atoms with Gasteiger partial charge in [-0.25, -0.2) is 9.78 Å². The minimum atomic E-state index is -0.933. The fourth-order valence-electron chi connectivity index (χ4n) is 1.65. The molecule has 0 radical (unpaired) electrons. The Morgan fingerprint density at radius 3 is 2.59 bits per heavy atom. The predicted octanol–water partition coefficient (Wildman–Crippen LogP) is 2.99. The highest BCUT2D eigenvalue weighted by atomic mass is 32.1. The molecule has 0 aliphatic rings. The first-order valence-electron chi connectivity index (χ1n) is 5.46. The van der Waals surface area contributed by atoms with Crippen LogP contribution < -0.4 is 0 Å². The summed E-state index contributed by atoms with van der Waals surface area (Å²) in [6, 6.07) is 9.95. The molecule has 0 aliphatic carbocycles. The summed E-state index contributed by atoms with van der Waals surface area (Å²) >= 11 is 1.49. The quantitative estimate of drug-likeness (QED) is 0.903. The van der Waals surface area contributed by atoms with Gasteiger partial charge in [-0.3, -0.25) is 0 Å². The molecule has 4 heteroatoms. The maximum Gasteiger partial charge on any atom is 0.355 e. The molecule has 1 heterocycles. The summed E-state index contributed by atoms with van der Waals surface area (Å²) in [4.78, 5) is 16.0. The van der Waals surface area contributed by atoms with E-state index in [1.165, 1.54) is 11.3 Å². The molecule has 2 aromatic rings. The van der Waals surface area contributed by atoms with Gasteiger partial charge in [-0.05, 0) is 12.0 Å². The average Bonchev–Trinajstić information content (AvgIpc) is 2.73. The van der Waals surface area contributed by atoms with Gasteiger partial charge in [-0.2, -0.15) is 0 Å². The Balaban J connectivity index is 2.26. The molecule has 0 spiro atoms. The molecule has 0 aliphatic heterocycles. The molecule has 2 rings (SSSR count). The van der Waals surface area contributed by atoms with E-state index in [2.05, 4.69) is 4.98 Å². The van der Waals surface area contributed by atoms with E-state index in [0.29, 0.717) is 12.8 Å². The van der Waals surface area contributed by atoms with Crippen LogP contribution in [0, 0.1) is 0 Å². The third-order valence-corrected chi connectivity index (χ3v) is 3.66. The van der Waals surface area contributed by atoms with Crippen LogP contribution in [0.5, 0.6) is 0 Å². The van der Waals surface area contributed by atoms with E-state index in [1.54, 1.807) is 0 Å². The van der Waals surface area contributed by atoms with E-state index in [0.717, 1.165) is 15.4 Å². The number of aromatic nitrogens is 1. The summed E-state index contributed by atoms with van der Waals surface area (Å²) in [5.41, 5.74) is 1.37. The Morgan fingerprint density at radius 2 is 2.06 bits per heavy atom. The first kappa shape index (κ1) is 11.8. The molecule has 0 saturated carbocycles. The van der Waals surface area contributed by atoms with E-state index in [4.69, 9.17) is 5.11 Å². The molecule has 0 fully saturated rings. The van der Waals surface area contributed by atoms with E-state index >= 15 is 0 Å². The Labute approximate surface area is 104 Å². The van der Waals surface area contributed by atoms with Crippen molar-refractivity contribution in [3.8, 4) is 0 Å². The van der Waals surface area contributed by atoms with Crippen LogP contribution in [0.2, 0.25) is 0 Å². The second kappa shape index (κ2) is 5.10. The molecule has 3 nitrogen and oxygen atoms in total. The van der Waals surface area contributed by atoms with Gasteiger partial charge < -0.3 is 5.11 Å². The zero-order valence-electron chi connectivity index (χ0n) is 9.51. The zero-order chi connectivity index (χ0) is 12.3. The number of carbonyl (C=O) groups is 1. The molecule has 17 heavy (non-hydrogen) atoms. The maximum absolute atomic E-state index is 11.0. The molecule has 0 bridgehead atoms. The highest BCUT2D eigenvalue weighted by Crippen LogP contribution is 2.21. The van der Waals surface area contributed by atoms with Crippen molar-refractivity contribution in [2.75, 3.05) is 0 Å². The standard InChI is InChI=1S/C13H13NO2S/c1-2-10-12(13(15)16)14-11(17-10)8-9-6-4-3-5-7-9/h3-7H,2,8H2,1H3,(H,15,16). The summed E-state index contributed by atoms with van der Waals surface area (Å²) in [5, 5.41) is 9.89. The van der Waals surface area contributed by atoms with E-state index in [-0.39, 0.29) is 5.69 Å². The van der Waals surface area contributed by atoms with Crippen LogP contribution in [0.1, 0.15) is 32.9 Å². The number of rotatable bonds is 4. The molecule has 1 aromatic heterocycles. The molecule has 0 amide bonds. The van der Waals surface area contributed by atoms with Gasteiger partial charge >= 0.3 is 5.97 Å². The second-order valence-electron chi connectivity index (χ2n) is 3.70. The SMILES string of the molecule is CCc1sc(Cc2ccccc2)nc1C(=O)O. The number of hydrogen-bond donors (Lipinski definition) is 1. The van der Waals surface area contributed by atoms with Gasteiger partial charge in [0.2, 0.25) is 0 Å². The fourth-order valence-corrected chi connectivity index (χ4v) is 2.69. The summed E-state index contributed by atoms with van der Waals surface area (Å²) in [7, 11) is 0. The number of carboxylic acids is 1. The van der Waals surface area contributed by atoms with Crippen LogP contribution in [0.25, 0.3) is 0 Å². The normalized spacial score (nSPS) is 10.4. The van der Waals surface area contributed by atoms with E-state index in [9.17, 15) is 4.79 Å². The van der Waals surface area contributed by atoms with Crippen molar-refractivity contribution in [2.45, 2.75) is 19.8 Å². The van der Waals surface area contributed by atoms with Gasteiger partial charge in [0.1, 0.15) is 0 Å². The number of thiazole rings is 1. The molecule has 1 N–H and O–H groups in total. The van der Waals surface area contributed by atoms with Crippen LogP contribution in [0.3, 0.4) is 0 Å². The Kier molecular flexibility index (Phi) is 3.54. The lowest BCUT2D eigenvalue weighted by atomic mass is 10.2. The molecular weight excluding hydrogens is 234 g/mol. The zero-order valence-corrected chi connectivity index (χ0v) is 10.3. The number of aryl methyl sites for hydroxylation is 1. The van der Waals surface area contributed by atoms with Crippen molar-refractivity contribution in [2.24, 2.45) is 0 Å². The van der Waals surface area contributed by atoms with Crippen molar-refractivity contribution < 1.29 is 9.90 Å². The number of nitrogens with zero attached hydrogens (tertiary/aromatic N) is 1. The van der Waals surface area contributed by atoms with Gasteiger partial charge in [-0.1, -0.05) is 37.3 Å². The second-order valence-corrected chi connectivity index (χ2v) is 4.87. The fraction of sp³-hybridized carbons (Fsp3) is 0.231. The molecule has 0 unspecified atom stereocenters. The Hall–Kier alpha value is -1.68. The van der Waals surface area contributed by atoms with Gasteiger partial charge in [0.15, 0.2) is 5.69 Å². The van der Waals surface area contributed by atoms with Crippen molar-refractivity contribution in [3.63, 3.8) is 0 Å². The number of hydrogen-bond acceptors (Lipinski definition) is 3. The van der Waals surface area contributed by atoms with Crippen LogP contribution in [0.15, 0.2) is 30.3 Å². The molecule has 88 valence electrons. The lowest BCUT2D eigenvalue weighted by molar-refractivity contribution is 0.0690. The molecule has 0 atom stereocenters. The average molecular weight is 247 g/mol. The highest BCUT2D eigenvalue weighted by molar-refractivity contribution is 7.11. The number of aromatic carboxylic acids is 1. The predicted molar refractivity (Wildman–Crippen MR) is 67.7 cm³/mol. The number of carboxylic acid groups (broad SMARTS) is 1. The van der Waals surface area contributed by atoms with Gasteiger partial charge in [0.25, 0.3) is 0 Å². The minimum absolute atomic E-state index is 0.212. The first-order valence-corrected chi connectivity index (χ1v) is 6.28. The summed E-state index contributed by atoms with van der Waals surface area (Å²) in [5.74, 6) is -0.933. The molecule has 1 aromatic carbocycles. The third kappa shape index (κ3) is 2.71. The summed E-state index contributed by atoms with van der Waals surface area (Å²) in [6.45, 7) is 1.95. The Morgan fingerprint density at radius 1 is 1.35 bits per heavy atom. The topological polar surface area (TPSA) is 50.2 Å². The van der Waals surface area contributed by atoms with E-state index < -0.39 is 5.97 Å². The van der Waals surface area contributed by atoms with Crippen molar-refractivity contribution in [1.82, 2.24) is 4.98 Å². The molecular formula is C13H13NO2S. The summed E-state index contributed by atoms with van der Waals surface area (Å²) in [6.07, 6.45) is 1.42. The number of benzene rings is 1. The van der Waals surface area contributed by atoms with Gasteiger partial charge in [-0.15, -0.1) is 11.3 Å². The van der Waals surface area contributed by atoms with Crippen LogP contribution in [0.4, 0.5) is 0 Å². The van der Waals surface area contributed by atoms with Gasteiger partial charge in [0, 0.05) is 11.3 Å². The Bertz CT molecular complexity index is 519. The summed E-state index contributed by atoms with van der Waals surface area (Å²) < 4.78 is 0. The lowest BCUT2D eigenvalue weighted by Crippen LogP contribution is -2.00. The van der Waals surface area contributed by atoms with Crippen LogP contribution in [-0.2, 0) is 12.8 Å². The highest BCUT2D eigenvalue weighted by Gasteiger charge is 2.15. The van der Waals surface area contributed by atoms with Crippen molar-refractivity contribution in [1.29, 1.82) is 0 Å². The van der Waals surface area contributed by atoms with Crippen LogP contribution >= 0.6 is 11.3 Å². The van der Waals surface area contributed by atoms with Crippen molar-refractivity contribution in [3.05, 3.63) is 51.5 Å². The lowest BCUT2D eigenvalue weighted by Gasteiger charge is -1.95. The van der Waals surface area contributed by atoms with E-state index in [1.807, 2.05) is 37.3 Å². The monoisotopic (exact) mass is 247 g/mol.